The van der Waals surface area contributed by atoms with Gasteiger partial charge in [-0.25, -0.2) is 0 Å². The Hall–Kier alpha value is -1.59. The van der Waals surface area contributed by atoms with Gasteiger partial charge in [-0.1, -0.05) is 279 Å². The van der Waals surface area contributed by atoms with Gasteiger partial charge in [0, 0.05) is 19.3 Å². The van der Waals surface area contributed by atoms with E-state index in [1.807, 2.05) is 0 Å². The van der Waals surface area contributed by atoms with Gasteiger partial charge in [-0.15, -0.1) is 0 Å². The van der Waals surface area contributed by atoms with E-state index in [1.165, 1.54) is 205 Å². The van der Waals surface area contributed by atoms with Crippen molar-refractivity contribution in [3.05, 3.63) is 0 Å². The second kappa shape index (κ2) is 49.8. The van der Waals surface area contributed by atoms with Crippen molar-refractivity contribution in [1.82, 2.24) is 0 Å². The van der Waals surface area contributed by atoms with Crippen LogP contribution in [0.25, 0.3) is 0 Å². The topological polar surface area (TPSA) is 78.9 Å². The normalized spacial score (nSPS) is 12.0. The van der Waals surface area contributed by atoms with Gasteiger partial charge in [-0.05, 0) is 31.1 Å². The van der Waals surface area contributed by atoms with Crippen molar-refractivity contribution >= 4 is 17.9 Å². The zero-order valence-electron chi connectivity index (χ0n) is 43.2. The first-order valence-electron chi connectivity index (χ1n) is 28.2. The Morgan fingerprint density at radius 3 is 0.778 bits per heavy atom. The summed E-state index contributed by atoms with van der Waals surface area (Å²) in [6.45, 7) is 11.4. The first kappa shape index (κ1) is 61.4. The van der Waals surface area contributed by atoms with Gasteiger partial charge < -0.3 is 14.2 Å². The van der Waals surface area contributed by atoms with Gasteiger partial charge in [0.1, 0.15) is 13.2 Å². The lowest BCUT2D eigenvalue weighted by molar-refractivity contribution is -0.167. The lowest BCUT2D eigenvalue weighted by atomic mass is 10.0. The summed E-state index contributed by atoms with van der Waals surface area (Å²) in [5.41, 5.74) is 0. The largest absolute Gasteiger partial charge is 0.462 e. The molecular formula is C57H110O6. The van der Waals surface area contributed by atoms with E-state index in [0.29, 0.717) is 19.3 Å². The van der Waals surface area contributed by atoms with Crippen molar-refractivity contribution in [3.8, 4) is 0 Å². The van der Waals surface area contributed by atoms with Gasteiger partial charge in [-0.2, -0.15) is 0 Å². The molecule has 0 rings (SSSR count). The summed E-state index contributed by atoms with van der Waals surface area (Å²) < 4.78 is 16.9. The van der Waals surface area contributed by atoms with Gasteiger partial charge in [0.15, 0.2) is 6.10 Å². The zero-order valence-corrected chi connectivity index (χ0v) is 43.2. The molecule has 0 aromatic rings. The van der Waals surface area contributed by atoms with Crippen LogP contribution in [0.2, 0.25) is 0 Å². The number of unbranched alkanes of at least 4 members (excludes halogenated alkanes) is 36. The Morgan fingerprint density at radius 2 is 0.524 bits per heavy atom. The molecule has 0 aliphatic rings. The van der Waals surface area contributed by atoms with E-state index in [1.54, 1.807) is 0 Å². The molecular weight excluding hydrogens is 781 g/mol. The molecule has 0 spiro atoms. The van der Waals surface area contributed by atoms with Gasteiger partial charge in [0.05, 0.1) is 0 Å². The van der Waals surface area contributed by atoms with Crippen LogP contribution in [0.3, 0.4) is 0 Å². The highest BCUT2D eigenvalue weighted by Gasteiger charge is 2.19. The summed E-state index contributed by atoms with van der Waals surface area (Å²) >= 11 is 0. The molecule has 0 fully saturated rings. The average Bonchev–Trinajstić information content (AvgIpc) is 3.25. The van der Waals surface area contributed by atoms with Crippen LogP contribution in [0.1, 0.15) is 317 Å². The lowest BCUT2D eigenvalue weighted by Crippen LogP contribution is -2.30. The predicted molar refractivity (Wildman–Crippen MR) is 270 cm³/mol. The molecule has 0 saturated heterocycles. The van der Waals surface area contributed by atoms with Crippen molar-refractivity contribution in [1.29, 1.82) is 0 Å². The van der Waals surface area contributed by atoms with Gasteiger partial charge in [0.25, 0.3) is 0 Å². The Morgan fingerprint density at radius 1 is 0.302 bits per heavy atom. The number of carbonyl (C=O) groups is 3. The predicted octanol–water partition coefficient (Wildman–Crippen LogP) is 18.5. The SMILES string of the molecule is CCCCCCCCCCCCCCCCCCCCCC(=O)OC[C@@H](COC(=O)CCCCCCCCCCC(C)C)OC(=O)CCCCCCCCCCCCCCC(C)C. The van der Waals surface area contributed by atoms with E-state index >= 15 is 0 Å². The van der Waals surface area contributed by atoms with E-state index in [2.05, 4.69) is 34.6 Å². The monoisotopic (exact) mass is 891 g/mol. The van der Waals surface area contributed by atoms with E-state index in [4.69, 9.17) is 14.2 Å². The fraction of sp³-hybridized carbons (Fsp3) is 0.947. The third-order valence-corrected chi connectivity index (χ3v) is 13.0. The van der Waals surface area contributed by atoms with Gasteiger partial charge >= 0.3 is 17.9 Å². The fourth-order valence-electron chi connectivity index (χ4n) is 8.70. The molecule has 0 aromatic heterocycles. The number of esters is 3. The molecule has 1 atom stereocenters. The average molecular weight is 892 g/mol. The molecule has 0 N–H and O–H groups in total. The van der Waals surface area contributed by atoms with Crippen molar-refractivity contribution in [2.24, 2.45) is 11.8 Å². The van der Waals surface area contributed by atoms with Crippen LogP contribution in [0, 0.1) is 11.8 Å². The molecule has 63 heavy (non-hydrogen) atoms. The highest BCUT2D eigenvalue weighted by Crippen LogP contribution is 2.18. The molecule has 0 saturated carbocycles. The summed E-state index contributed by atoms with van der Waals surface area (Å²) in [4.78, 5) is 38.0. The molecule has 374 valence electrons. The number of ether oxygens (including phenoxy) is 3. The van der Waals surface area contributed by atoms with Crippen molar-refractivity contribution in [3.63, 3.8) is 0 Å². The van der Waals surface area contributed by atoms with E-state index in [9.17, 15) is 14.4 Å². The third-order valence-electron chi connectivity index (χ3n) is 13.0. The molecule has 6 heteroatoms. The summed E-state index contributed by atoms with van der Waals surface area (Å²) in [7, 11) is 0. The minimum absolute atomic E-state index is 0.0634. The summed E-state index contributed by atoms with van der Waals surface area (Å²) in [6, 6.07) is 0. The molecule has 0 heterocycles. The fourth-order valence-corrected chi connectivity index (χ4v) is 8.70. The Kier molecular flexibility index (Phi) is 48.6. The smallest absolute Gasteiger partial charge is 0.306 e. The van der Waals surface area contributed by atoms with Gasteiger partial charge in [-0.3, -0.25) is 14.4 Å². The standard InChI is InChI=1S/C57H110O6/c1-6-7-8-9-10-11-12-13-14-15-16-17-18-19-23-26-32-37-42-47-55(58)61-50-54(51-62-56(59)48-43-38-33-29-28-31-36-41-46-53(4)5)63-57(60)49-44-39-34-27-24-21-20-22-25-30-35-40-45-52(2)3/h52-54H,6-51H2,1-5H3/t54-/m0/s1. The summed E-state index contributed by atoms with van der Waals surface area (Å²) in [5.74, 6) is 0.784. The quantitative estimate of drug-likeness (QED) is 0.0344. The Labute approximate surface area is 393 Å². The van der Waals surface area contributed by atoms with Crippen LogP contribution in [-0.4, -0.2) is 37.2 Å². The second-order valence-corrected chi connectivity index (χ2v) is 20.5. The molecule has 0 aromatic carbocycles. The second-order valence-electron chi connectivity index (χ2n) is 20.5. The van der Waals surface area contributed by atoms with Crippen molar-refractivity contribution < 1.29 is 28.6 Å². The third kappa shape index (κ3) is 51.3. The molecule has 0 aliphatic heterocycles. The maximum absolute atomic E-state index is 12.8. The molecule has 6 nitrogen and oxygen atoms in total. The van der Waals surface area contributed by atoms with Crippen LogP contribution in [0.4, 0.5) is 0 Å². The highest BCUT2D eigenvalue weighted by molar-refractivity contribution is 5.71. The van der Waals surface area contributed by atoms with E-state index in [-0.39, 0.29) is 31.1 Å². The molecule has 0 radical (unpaired) electrons. The summed E-state index contributed by atoms with van der Waals surface area (Å²) in [5, 5.41) is 0. The first-order chi connectivity index (χ1) is 30.7. The zero-order chi connectivity index (χ0) is 46.1. The number of hydrogen-bond acceptors (Lipinski definition) is 6. The Bertz CT molecular complexity index is 962. The van der Waals surface area contributed by atoms with Crippen LogP contribution < -0.4 is 0 Å². The number of carbonyl (C=O) groups excluding carboxylic acids is 3. The van der Waals surface area contributed by atoms with Crippen molar-refractivity contribution in [2.75, 3.05) is 13.2 Å². The minimum Gasteiger partial charge on any atom is -0.462 e. The van der Waals surface area contributed by atoms with Gasteiger partial charge in [0.2, 0.25) is 0 Å². The Balaban J connectivity index is 4.25. The van der Waals surface area contributed by atoms with E-state index < -0.39 is 6.10 Å². The maximum Gasteiger partial charge on any atom is 0.306 e. The minimum atomic E-state index is -0.763. The van der Waals surface area contributed by atoms with Crippen LogP contribution in [0.15, 0.2) is 0 Å². The number of rotatable bonds is 51. The maximum atomic E-state index is 12.8. The number of hydrogen-bond donors (Lipinski definition) is 0. The molecule has 0 bridgehead atoms. The highest BCUT2D eigenvalue weighted by atomic mass is 16.6. The van der Waals surface area contributed by atoms with Crippen LogP contribution >= 0.6 is 0 Å². The molecule has 0 amide bonds. The first-order valence-corrected chi connectivity index (χ1v) is 28.2. The lowest BCUT2D eigenvalue weighted by Gasteiger charge is -2.18. The summed E-state index contributed by atoms with van der Waals surface area (Å²) in [6.07, 6.45) is 52.4. The van der Waals surface area contributed by atoms with E-state index in [0.717, 1.165) is 69.6 Å². The molecule has 0 aliphatic carbocycles. The molecule has 0 unspecified atom stereocenters. The van der Waals surface area contributed by atoms with Crippen LogP contribution in [0.5, 0.6) is 0 Å². The van der Waals surface area contributed by atoms with Crippen LogP contribution in [-0.2, 0) is 28.6 Å². The van der Waals surface area contributed by atoms with Crippen molar-refractivity contribution in [2.45, 2.75) is 323 Å².